The fourth-order valence-corrected chi connectivity index (χ4v) is 2.21. The molecule has 1 rings (SSSR count). The number of rotatable bonds is 5. The van der Waals surface area contributed by atoms with Crippen LogP contribution in [-0.2, 0) is 4.79 Å². The van der Waals surface area contributed by atoms with Gasteiger partial charge < -0.3 is 20.8 Å². The Morgan fingerprint density at radius 1 is 1.22 bits per heavy atom. The van der Waals surface area contributed by atoms with Gasteiger partial charge in [0.15, 0.2) is 6.10 Å². The van der Waals surface area contributed by atoms with E-state index in [0.717, 1.165) is 12.8 Å². The zero-order valence-electron chi connectivity index (χ0n) is 10.7. The van der Waals surface area contributed by atoms with E-state index < -0.39 is 18.1 Å². The van der Waals surface area contributed by atoms with Crippen LogP contribution in [-0.4, -0.2) is 41.4 Å². The minimum Gasteiger partial charge on any atom is -0.479 e. The number of hydrogen-bond donors (Lipinski definition) is 4. The van der Waals surface area contributed by atoms with Crippen LogP contribution in [0.4, 0.5) is 4.79 Å². The third-order valence-electron chi connectivity index (χ3n) is 3.48. The Bertz CT molecular complexity index is 300. The van der Waals surface area contributed by atoms with Gasteiger partial charge in [0, 0.05) is 6.54 Å². The van der Waals surface area contributed by atoms with Crippen LogP contribution in [0.2, 0.25) is 0 Å². The first kappa shape index (κ1) is 14.8. The summed E-state index contributed by atoms with van der Waals surface area (Å²) in [5, 5.41) is 22.5. The molecule has 0 aromatic rings. The zero-order valence-corrected chi connectivity index (χ0v) is 10.7. The molecule has 1 fully saturated rings. The van der Waals surface area contributed by atoms with E-state index in [4.69, 9.17) is 10.2 Å². The molecule has 18 heavy (non-hydrogen) atoms. The Labute approximate surface area is 107 Å². The van der Waals surface area contributed by atoms with Crippen LogP contribution in [0.1, 0.15) is 39.0 Å². The summed E-state index contributed by atoms with van der Waals surface area (Å²) < 4.78 is 0. The number of amides is 2. The molecule has 0 spiro atoms. The summed E-state index contributed by atoms with van der Waals surface area (Å²) in [4.78, 5) is 21.8. The summed E-state index contributed by atoms with van der Waals surface area (Å²) in [5.74, 6) is -1.34. The topological polar surface area (TPSA) is 98.7 Å². The Balaban J connectivity index is 2.22. The molecule has 1 aliphatic carbocycles. The summed E-state index contributed by atoms with van der Waals surface area (Å²) in [5.41, 5.74) is 0.140. The third-order valence-corrected chi connectivity index (χ3v) is 3.48. The summed E-state index contributed by atoms with van der Waals surface area (Å²) in [6, 6.07) is -0.429. The van der Waals surface area contributed by atoms with E-state index in [1.54, 1.807) is 0 Å². The Morgan fingerprint density at radius 3 is 2.39 bits per heavy atom. The second kappa shape index (κ2) is 6.58. The van der Waals surface area contributed by atoms with Crippen molar-refractivity contribution in [1.29, 1.82) is 0 Å². The van der Waals surface area contributed by atoms with Gasteiger partial charge >= 0.3 is 12.0 Å². The number of carboxylic acids is 1. The molecule has 0 aromatic heterocycles. The smallest absolute Gasteiger partial charge is 0.334 e. The van der Waals surface area contributed by atoms with E-state index in [1.165, 1.54) is 19.3 Å². The maximum absolute atomic E-state index is 11.4. The third kappa shape index (κ3) is 4.91. The molecule has 0 saturated heterocycles. The van der Waals surface area contributed by atoms with Crippen LogP contribution in [0.5, 0.6) is 0 Å². The van der Waals surface area contributed by atoms with Gasteiger partial charge in [0.05, 0.1) is 6.54 Å². The van der Waals surface area contributed by atoms with Crippen LogP contribution in [0.15, 0.2) is 0 Å². The first-order valence-corrected chi connectivity index (χ1v) is 6.35. The minimum absolute atomic E-state index is 0.140. The van der Waals surface area contributed by atoms with Crippen LogP contribution in [0.25, 0.3) is 0 Å². The molecule has 1 atom stereocenters. The second-order valence-electron chi connectivity index (χ2n) is 5.29. The Morgan fingerprint density at radius 2 is 1.83 bits per heavy atom. The number of carbonyl (C=O) groups is 2. The van der Waals surface area contributed by atoms with E-state index in [2.05, 4.69) is 17.6 Å². The maximum Gasteiger partial charge on any atom is 0.334 e. The van der Waals surface area contributed by atoms with Crippen molar-refractivity contribution in [2.75, 3.05) is 13.1 Å². The molecule has 6 nitrogen and oxygen atoms in total. The molecule has 1 unspecified atom stereocenters. The number of hydrogen-bond acceptors (Lipinski definition) is 3. The van der Waals surface area contributed by atoms with Crippen molar-refractivity contribution in [2.45, 2.75) is 45.1 Å². The highest BCUT2D eigenvalue weighted by molar-refractivity contribution is 5.76. The van der Waals surface area contributed by atoms with Crippen molar-refractivity contribution < 1.29 is 19.8 Å². The molecule has 2 amide bonds. The van der Waals surface area contributed by atoms with Crippen molar-refractivity contribution in [3.8, 4) is 0 Å². The monoisotopic (exact) mass is 258 g/mol. The van der Waals surface area contributed by atoms with Gasteiger partial charge in [-0.1, -0.05) is 26.2 Å². The van der Waals surface area contributed by atoms with E-state index in [1.807, 2.05) is 0 Å². The maximum atomic E-state index is 11.4. The van der Waals surface area contributed by atoms with Gasteiger partial charge in [-0.3, -0.25) is 0 Å². The van der Waals surface area contributed by atoms with E-state index in [-0.39, 0.29) is 12.0 Å². The highest BCUT2D eigenvalue weighted by atomic mass is 16.4. The van der Waals surface area contributed by atoms with Gasteiger partial charge in [-0.25, -0.2) is 9.59 Å². The molecular formula is C12H22N2O4. The van der Waals surface area contributed by atoms with Crippen molar-refractivity contribution in [3.05, 3.63) is 0 Å². The van der Waals surface area contributed by atoms with Gasteiger partial charge in [-0.05, 0) is 18.3 Å². The molecule has 1 aliphatic rings. The summed E-state index contributed by atoms with van der Waals surface area (Å²) in [6.07, 6.45) is 4.29. The predicted octanol–water partition coefficient (Wildman–Crippen LogP) is 0.701. The number of urea groups is 1. The van der Waals surface area contributed by atoms with E-state index >= 15 is 0 Å². The SMILES string of the molecule is CC1(CNC(=O)NCC(O)C(=O)O)CCCCC1. The molecule has 6 heteroatoms. The number of nitrogens with one attached hydrogen (secondary N) is 2. The number of carboxylic acid groups (broad SMARTS) is 1. The van der Waals surface area contributed by atoms with E-state index in [9.17, 15) is 9.59 Å². The second-order valence-corrected chi connectivity index (χ2v) is 5.29. The number of carbonyl (C=O) groups excluding carboxylic acids is 1. The quantitative estimate of drug-likeness (QED) is 0.583. The molecule has 0 aliphatic heterocycles. The number of aliphatic carboxylic acids is 1. The fourth-order valence-electron chi connectivity index (χ4n) is 2.21. The number of aliphatic hydroxyl groups excluding tert-OH is 1. The Hall–Kier alpha value is -1.30. The van der Waals surface area contributed by atoms with Gasteiger partial charge in [-0.15, -0.1) is 0 Å². The van der Waals surface area contributed by atoms with Crippen LogP contribution in [0.3, 0.4) is 0 Å². The average Bonchev–Trinajstić information content (AvgIpc) is 2.34. The fraction of sp³-hybridized carbons (Fsp3) is 0.833. The lowest BCUT2D eigenvalue weighted by Gasteiger charge is -2.33. The van der Waals surface area contributed by atoms with Gasteiger partial charge in [0.1, 0.15) is 0 Å². The summed E-state index contributed by atoms with van der Waals surface area (Å²) >= 11 is 0. The highest BCUT2D eigenvalue weighted by Crippen LogP contribution is 2.34. The lowest BCUT2D eigenvalue weighted by molar-refractivity contribution is -0.146. The van der Waals surface area contributed by atoms with Gasteiger partial charge in [0.2, 0.25) is 0 Å². The van der Waals surface area contributed by atoms with Crippen molar-refractivity contribution in [3.63, 3.8) is 0 Å². The molecule has 1 saturated carbocycles. The van der Waals surface area contributed by atoms with Crippen LogP contribution in [0, 0.1) is 5.41 Å². The van der Waals surface area contributed by atoms with Crippen molar-refractivity contribution >= 4 is 12.0 Å². The van der Waals surface area contributed by atoms with Crippen molar-refractivity contribution in [2.24, 2.45) is 5.41 Å². The molecular weight excluding hydrogens is 236 g/mol. The van der Waals surface area contributed by atoms with Crippen molar-refractivity contribution in [1.82, 2.24) is 10.6 Å². The standard InChI is InChI=1S/C12H22N2O4/c1-12(5-3-2-4-6-12)8-14-11(18)13-7-9(15)10(16)17/h9,15H,2-8H2,1H3,(H,16,17)(H2,13,14,18). The van der Waals surface area contributed by atoms with E-state index in [0.29, 0.717) is 6.54 Å². The van der Waals surface area contributed by atoms with Gasteiger partial charge in [-0.2, -0.15) is 0 Å². The molecule has 0 bridgehead atoms. The molecule has 0 aromatic carbocycles. The predicted molar refractivity (Wildman–Crippen MR) is 66.2 cm³/mol. The Kier molecular flexibility index (Phi) is 5.40. The first-order valence-electron chi connectivity index (χ1n) is 6.35. The lowest BCUT2D eigenvalue weighted by Crippen LogP contribution is -2.45. The molecule has 0 radical (unpaired) electrons. The normalized spacial score (nSPS) is 19.9. The molecule has 0 heterocycles. The van der Waals surface area contributed by atoms with Crippen LogP contribution < -0.4 is 10.6 Å². The average molecular weight is 258 g/mol. The zero-order chi connectivity index (χ0) is 13.6. The largest absolute Gasteiger partial charge is 0.479 e. The minimum atomic E-state index is -1.55. The molecule has 104 valence electrons. The number of aliphatic hydroxyl groups is 1. The summed E-state index contributed by atoms with van der Waals surface area (Å²) in [7, 11) is 0. The first-order chi connectivity index (χ1) is 8.43. The molecule has 4 N–H and O–H groups in total. The highest BCUT2D eigenvalue weighted by Gasteiger charge is 2.27. The van der Waals surface area contributed by atoms with Gasteiger partial charge in [0.25, 0.3) is 0 Å². The summed E-state index contributed by atoms with van der Waals surface area (Å²) in [6.45, 7) is 2.46. The van der Waals surface area contributed by atoms with Crippen LogP contribution >= 0.6 is 0 Å². The lowest BCUT2D eigenvalue weighted by atomic mass is 9.76.